The minimum Gasteiger partial charge on any atom is -0.302 e. The van der Waals surface area contributed by atoms with Gasteiger partial charge in [-0.3, -0.25) is 0 Å². The van der Waals surface area contributed by atoms with Gasteiger partial charge >= 0.3 is 0 Å². The fourth-order valence-electron chi connectivity index (χ4n) is 3.59. The Morgan fingerprint density at radius 1 is 1.16 bits per heavy atom. The molecule has 1 saturated heterocycles. The first-order chi connectivity index (χ1) is 9.18. The van der Waals surface area contributed by atoms with Crippen molar-refractivity contribution in [1.82, 2.24) is 4.90 Å². The van der Waals surface area contributed by atoms with E-state index in [4.69, 9.17) is 11.6 Å². The van der Waals surface area contributed by atoms with Gasteiger partial charge in [0.1, 0.15) is 0 Å². The summed E-state index contributed by atoms with van der Waals surface area (Å²) in [5.74, 6) is 0.920. The fraction of sp³-hybridized carbons (Fsp3) is 0.647. The van der Waals surface area contributed by atoms with E-state index >= 15 is 0 Å². The second-order valence-corrected chi connectivity index (χ2v) is 7.04. The van der Waals surface area contributed by atoms with Crippen molar-refractivity contribution in [1.29, 1.82) is 0 Å². The molecule has 0 bridgehead atoms. The van der Waals surface area contributed by atoms with Gasteiger partial charge in [-0.2, -0.15) is 0 Å². The van der Waals surface area contributed by atoms with E-state index in [1.807, 2.05) is 0 Å². The molecule has 1 heterocycles. The Balaban J connectivity index is 1.71. The van der Waals surface area contributed by atoms with E-state index in [2.05, 4.69) is 36.1 Å². The first-order valence-electron chi connectivity index (χ1n) is 7.66. The standard InChI is InChI=1S/C17H24ClN/c1-14-7-11-19(12-8-14)13-17(9-2-10-17)15-3-5-16(18)6-4-15/h3-6,14H,2,7-13H2,1H3. The van der Waals surface area contributed by atoms with E-state index < -0.39 is 0 Å². The van der Waals surface area contributed by atoms with Crippen LogP contribution in [0.5, 0.6) is 0 Å². The van der Waals surface area contributed by atoms with E-state index in [9.17, 15) is 0 Å². The van der Waals surface area contributed by atoms with Gasteiger partial charge in [0.15, 0.2) is 0 Å². The molecule has 104 valence electrons. The quantitative estimate of drug-likeness (QED) is 0.787. The molecule has 0 radical (unpaired) electrons. The molecule has 2 heteroatoms. The van der Waals surface area contributed by atoms with Gasteiger partial charge in [0.25, 0.3) is 0 Å². The molecule has 19 heavy (non-hydrogen) atoms. The smallest absolute Gasteiger partial charge is 0.0406 e. The van der Waals surface area contributed by atoms with E-state index in [-0.39, 0.29) is 0 Å². The van der Waals surface area contributed by atoms with Crippen LogP contribution >= 0.6 is 11.6 Å². The Kier molecular flexibility index (Phi) is 3.86. The summed E-state index contributed by atoms with van der Waals surface area (Å²) in [6, 6.07) is 8.59. The monoisotopic (exact) mass is 277 g/mol. The van der Waals surface area contributed by atoms with Crippen LogP contribution in [0.2, 0.25) is 5.02 Å². The van der Waals surface area contributed by atoms with Crippen LogP contribution in [0.25, 0.3) is 0 Å². The number of halogens is 1. The van der Waals surface area contributed by atoms with Gasteiger partial charge in [0.2, 0.25) is 0 Å². The van der Waals surface area contributed by atoms with E-state index in [0.29, 0.717) is 5.41 Å². The summed E-state index contributed by atoms with van der Waals surface area (Å²) in [5, 5.41) is 0.852. The molecule has 1 aromatic rings. The molecule has 0 atom stereocenters. The molecule has 3 rings (SSSR count). The zero-order valence-electron chi connectivity index (χ0n) is 11.9. The molecule has 1 saturated carbocycles. The molecule has 1 aromatic carbocycles. The molecule has 0 spiro atoms. The van der Waals surface area contributed by atoms with Crippen LogP contribution in [0.1, 0.15) is 44.6 Å². The minimum absolute atomic E-state index is 0.422. The first kappa shape index (κ1) is 13.5. The van der Waals surface area contributed by atoms with Crippen LogP contribution in [0, 0.1) is 5.92 Å². The van der Waals surface area contributed by atoms with Gasteiger partial charge in [-0.15, -0.1) is 0 Å². The molecular weight excluding hydrogens is 254 g/mol. The molecule has 0 N–H and O–H groups in total. The minimum atomic E-state index is 0.422. The van der Waals surface area contributed by atoms with Crippen molar-refractivity contribution in [3.63, 3.8) is 0 Å². The Hall–Kier alpha value is -0.530. The van der Waals surface area contributed by atoms with Crippen molar-refractivity contribution in [2.45, 2.75) is 44.4 Å². The number of piperidine rings is 1. The van der Waals surface area contributed by atoms with Crippen molar-refractivity contribution in [3.8, 4) is 0 Å². The Labute approximate surface area is 121 Å². The lowest BCUT2D eigenvalue weighted by molar-refractivity contribution is 0.109. The van der Waals surface area contributed by atoms with Gasteiger partial charge in [-0.1, -0.05) is 37.1 Å². The van der Waals surface area contributed by atoms with Crippen molar-refractivity contribution < 1.29 is 0 Å². The van der Waals surface area contributed by atoms with E-state index in [0.717, 1.165) is 10.9 Å². The van der Waals surface area contributed by atoms with Crippen LogP contribution in [0.3, 0.4) is 0 Å². The van der Waals surface area contributed by atoms with E-state index in [1.165, 1.54) is 57.3 Å². The van der Waals surface area contributed by atoms with Crippen LogP contribution in [0.4, 0.5) is 0 Å². The third kappa shape index (κ3) is 2.83. The summed E-state index contributed by atoms with van der Waals surface area (Å²) in [6.45, 7) is 6.21. The maximum absolute atomic E-state index is 6.02. The molecule has 2 aliphatic rings. The van der Waals surface area contributed by atoms with Crippen LogP contribution in [-0.2, 0) is 5.41 Å². The second-order valence-electron chi connectivity index (χ2n) is 6.60. The Morgan fingerprint density at radius 3 is 2.32 bits per heavy atom. The maximum Gasteiger partial charge on any atom is 0.0406 e. The lowest BCUT2D eigenvalue weighted by Gasteiger charge is -2.47. The predicted octanol–water partition coefficient (Wildman–Crippen LogP) is 4.49. The summed E-state index contributed by atoms with van der Waals surface area (Å²) in [5.41, 5.74) is 1.92. The molecule has 0 unspecified atom stereocenters. The highest BCUT2D eigenvalue weighted by atomic mass is 35.5. The molecular formula is C17H24ClN. The third-order valence-corrected chi connectivity index (χ3v) is 5.42. The highest BCUT2D eigenvalue weighted by Gasteiger charge is 2.40. The summed E-state index contributed by atoms with van der Waals surface area (Å²) in [7, 11) is 0. The lowest BCUT2D eigenvalue weighted by Crippen LogP contribution is -2.47. The van der Waals surface area contributed by atoms with Crippen LogP contribution in [0.15, 0.2) is 24.3 Å². The number of nitrogens with zero attached hydrogens (tertiary/aromatic N) is 1. The number of hydrogen-bond acceptors (Lipinski definition) is 1. The molecule has 2 fully saturated rings. The average molecular weight is 278 g/mol. The van der Waals surface area contributed by atoms with Gasteiger partial charge in [-0.05, 0) is 62.4 Å². The number of rotatable bonds is 3. The number of likely N-dealkylation sites (tertiary alicyclic amines) is 1. The molecule has 1 nitrogen and oxygen atoms in total. The summed E-state index contributed by atoms with van der Waals surface area (Å²) in [4.78, 5) is 2.69. The van der Waals surface area contributed by atoms with Crippen LogP contribution < -0.4 is 0 Å². The van der Waals surface area contributed by atoms with Crippen molar-refractivity contribution >= 4 is 11.6 Å². The first-order valence-corrected chi connectivity index (χ1v) is 8.04. The highest BCUT2D eigenvalue weighted by molar-refractivity contribution is 6.30. The fourth-order valence-corrected chi connectivity index (χ4v) is 3.72. The highest BCUT2D eigenvalue weighted by Crippen LogP contribution is 2.45. The van der Waals surface area contributed by atoms with Crippen molar-refractivity contribution in [2.75, 3.05) is 19.6 Å². The second kappa shape index (κ2) is 5.46. The normalized spacial score (nSPS) is 24.1. The average Bonchev–Trinajstić information content (AvgIpc) is 2.37. The van der Waals surface area contributed by atoms with Gasteiger partial charge in [0.05, 0.1) is 0 Å². The summed E-state index contributed by atoms with van der Waals surface area (Å²) >= 11 is 6.02. The van der Waals surface area contributed by atoms with E-state index in [1.54, 1.807) is 0 Å². The van der Waals surface area contributed by atoms with Gasteiger partial charge < -0.3 is 4.90 Å². The number of hydrogen-bond donors (Lipinski definition) is 0. The molecule has 1 aliphatic carbocycles. The Bertz CT molecular complexity index is 413. The van der Waals surface area contributed by atoms with Crippen molar-refractivity contribution in [3.05, 3.63) is 34.9 Å². The summed E-state index contributed by atoms with van der Waals surface area (Å²) < 4.78 is 0. The van der Waals surface area contributed by atoms with Crippen molar-refractivity contribution in [2.24, 2.45) is 5.92 Å². The van der Waals surface area contributed by atoms with Crippen LogP contribution in [-0.4, -0.2) is 24.5 Å². The van der Waals surface area contributed by atoms with Gasteiger partial charge in [0, 0.05) is 17.0 Å². The topological polar surface area (TPSA) is 3.24 Å². The zero-order chi connectivity index (χ0) is 13.3. The molecule has 1 aliphatic heterocycles. The largest absolute Gasteiger partial charge is 0.302 e. The summed E-state index contributed by atoms with van der Waals surface area (Å²) in [6.07, 6.45) is 6.82. The predicted molar refractivity (Wildman–Crippen MR) is 81.8 cm³/mol. The van der Waals surface area contributed by atoms with Gasteiger partial charge in [-0.25, -0.2) is 0 Å². The molecule has 0 aromatic heterocycles. The maximum atomic E-state index is 6.02. The lowest BCUT2D eigenvalue weighted by atomic mass is 9.64. The SMILES string of the molecule is CC1CCN(CC2(c3ccc(Cl)cc3)CCC2)CC1. The third-order valence-electron chi connectivity index (χ3n) is 5.17. The zero-order valence-corrected chi connectivity index (χ0v) is 12.6. The Morgan fingerprint density at radius 2 is 1.79 bits per heavy atom. The molecule has 0 amide bonds. The number of benzene rings is 1.